The molecule has 1 N–H and O–H groups in total. The topological polar surface area (TPSA) is 55.4 Å². The van der Waals surface area contributed by atoms with Gasteiger partial charge >= 0.3 is 5.97 Å². The van der Waals surface area contributed by atoms with Crippen molar-refractivity contribution in [3.8, 4) is 0 Å². The number of benzene rings is 1. The molecule has 0 saturated heterocycles. The number of carbonyl (C=O) groups is 2. The Morgan fingerprint density at radius 2 is 1.76 bits per heavy atom. The summed E-state index contributed by atoms with van der Waals surface area (Å²) in [5, 5.41) is 2.49. The van der Waals surface area contributed by atoms with E-state index in [1.54, 1.807) is 12.1 Å². The Morgan fingerprint density at radius 3 is 2.36 bits per heavy atom. The molecule has 4 fully saturated rings. The molecule has 0 aromatic heterocycles. The number of rotatable bonds is 4. The van der Waals surface area contributed by atoms with Gasteiger partial charge in [-0.05, 0) is 80.9 Å². The van der Waals surface area contributed by atoms with Gasteiger partial charge in [0.1, 0.15) is 5.82 Å². The van der Waals surface area contributed by atoms with E-state index in [1.165, 1.54) is 25.3 Å². The predicted molar refractivity (Wildman–Crippen MR) is 91.3 cm³/mol. The van der Waals surface area contributed by atoms with Crippen molar-refractivity contribution in [3.63, 3.8) is 0 Å². The van der Waals surface area contributed by atoms with E-state index < -0.39 is 11.7 Å². The first-order valence-corrected chi connectivity index (χ1v) is 9.17. The molecule has 4 nitrogen and oxygen atoms in total. The largest absolute Gasteiger partial charge is 0.455 e. The van der Waals surface area contributed by atoms with Crippen LogP contribution in [0.2, 0.25) is 0 Å². The molecule has 134 valence electrons. The molecule has 0 atom stereocenters. The van der Waals surface area contributed by atoms with Crippen molar-refractivity contribution in [2.24, 2.45) is 23.2 Å². The average Bonchev–Trinajstić information content (AvgIpc) is 2.55. The van der Waals surface area contributed by atoms with Gasteiger partial charge in [0, 0.05) is 0 Å². The van der Waals surface area contributed by atoms with Crippen molar-refractivity contribution in [3.05, 3.63) is 29.6 Å². The Balaban J connectivity index is 1.36. The number of nitrogens with one attached hydrogen (secondary N) is 1. The second kappa shape index (κ2) is 6.11. The first-order chi connectivity index (χ1) is 11.9. The number of halogens is 1. The molecule has 1 aromatic carbocycles. The third kappa shape index (κ3) is 3.16. The Labute approximate surface area is 147 Å². The molecule has 25 heavy (non-hydrogen) atoms. The van der Waals surface area contributed by atoms with Gasteiger partial charge in [0.05, 0.1) is 11.1 Å². The maximum absolute atomic E-state index is 13.7. The van der Waals surface area contributed by atoms with Crippen LogP contribution in [0.15, 0.2) is 18.2 Å². The van der Waals surface area contributed by atoms with E-state index in [-0.39, 0.29) is 23.7 Å². The minimum atomic E-state index is -0.498. The molecule has 0 heterocycles. The first kappa shape index (κ1) is 16.6. The summed E-state index contributed by atoms with van der Waals surface area (Å²) in [6, 6.07) is 4.51. The lowest BCUT2D eigenvalue weighted by atomic mass is 9.49. The summed E-state index contributed by atoms with van der Waals surface area (Å²) in [5.74, 6) is 0.720. The molecule has 0 aliphatic heterocycles. The molecule has 5 rings (SSSR count). The van der Waals surface area contributed by atoms with Crippen LogP contribution >= 0.6 is 0 Å². The molecular formula is C20H24FNO3. The lowest BCUT2D eigenvalue weighted by molar-refractivity contribution is -0.172. The number of amides is 1. The van der Waals surface area contributed by atoms with Gasteiger partial charge in [0.2, 0.25) is 0 Å². The Morgan fingerprint density at radius 1 is 1.16 bits per heavy atom. The Hall–Kier alpha value is -1.91. The van der Waals surface area contributed by atoms with Gasteiger partial charge in [-0.3, -0.25) is 9.59 Å². The molecule has 1 aromatic rings. The average molecular weight is 345 g/mol. The number of aryl methyl sites for hydroxylation is 1. The van der Waals surface area contributed by atoms with Crippen molar-refractivity contribution >= 4 is 17.6 Å². The fraction of sp³-hybridized carbons (Fsp3) is 0.600. The molecule has 4 saturated carbocycles. The van der Waals surface area contributed by atoms with Crippen LogP contribution in [0.1, 0.15) is 44.1 Å². The van der Waals surface area contributed by atoms with Crippen LogP contribution in [0.3, 0.4) is 0 Å². The summed E-state index contributed by atoms with van der Waals surface area (Å²) in [4.78, 5) is 24.8. The highest BCUT2D eigenvalue weighted by Gasteiger charge is 2.55. The lowest BCUT2D eigenvalue weighted by Gasteiger charge is -2.55. The summed E-state index contributed by atoms with van der Waals surface area (Å²) in [6.07, 6.45) is 6.48. The number of carbonyl (C=O) groups excluding carboxylic acids is 2. The van der Waals surface area contributed by atoms with E-state index in [2.05, 4.69) is 5.32 Å². The van der Waals surface area contributed by atoms with Crippen molar-refractivity contribution in [1.29, 1.82) is 0 Å². The smallest absolute Gasteiger partial charge is 0.312 e. The van der Waals surface area contributed by atoms with Crippen molar-refractivity contribution in [1.82, 2.24) is 0 Å². The van der Waals surface area contributed by atoms with Gasteiger partial charge in [0.15, 0.2) is 6.61 Å². The summed E-state index contributed by atoms with van der Waals surface area (Å²) < 4.78 is 19.1. The van der Waals surface area contributed by atoms with E-state index in [1.807, 2.05) is 6.92 Å². The number of hydrogen-bond donors (Lipinski definition) is 1. The summed E-state index contributed by atoms with van der Waals surface area (Å²) in [5.41, 5.74) is 0.599. The third-order valence-electron chi connectivity index (χ3n) is 6.20. The third-order valence-corrected chi connectivity index (χ3v) is 6.20. The fourth-order valence-corrected chi connectivity index (χ4v) is 5.57. The molecule has 4 aliphatic carbocycles. The molecule has 0 unspecified atom stereocenters. The number of ether oxygens (including phenoxy) is 1. The highest BCUT2D eigenvalue weighted by atomic mass is 19.1. The summed E-state index contributed by atoms with van der Waals surface area (Å²) in [7, 11) is 0. The maximum atomic E-state index is 13.7. The van der Waals surface area contributed by atoms with E-state index >= 15 is 0 Å². The SMILES string of the molecule is Cc1ccc(F)c(NC(=O)COC(=O)C23CC4CC(CC(C4)C2)C3)c1. The van der Waals surface area contributed by atoms with E-state index in [0.29, 0.717) is 17.8 Å². The van der Waals surface area contributed by atoms with Crippen LogP contribution in [0, 0.1) is 35.9 Å². The minimum absolute atomic E-state index is 0.121. The molecule has 5 heteroatoms. The Kier molecular flexibility index (Phi) is 4.05. The minimum Gasteiger partial charge on any atom is -0.455 e. The zero-order valence-corrected chi connectivity index (χ0v) is 14.5. The fourth-order valence-electron chi connectivity index (χ4n) is 5.57. The van der Waals surface area contributed by atoms with Crippen LogP contribution in [0.5, 0.6) is 0 Å². The molecule has 0 spiro atoms. The summed E-state index contributed by atoms with van der Waals surface area (Å²) in [6.45, 7) is 1.47. The van der Waals surface area contributed by atoms with Gasteiger partial charge in [-0.15, -0.1) is 0 Å². The number of esters is 1. The van der Waals surface area contributed by atoms with E-state index in [4.69, 9.17) is 4.74 Å². The molecule has 4 aliphatic rings. The molecule has 4 bridgehead atoms. The van der Waals surface area contributed by atoms with Crippen LogP contribution < -0.4 is 5.32 Å². The highest BCUT2D eigenvalue weighted by Crippen LogP contribution is 2.60. The molecule has 1 amide bonds. The van der Waals surface area contributed by atoms with Crippen molar-refractivity contribution in [2.45, 2.75) is 45.4 Å². The lowest BCUT2D eigenvalue weighted by Crippen LogP contribution is -2.50. The Bertz CT molecular complexity index is 680. The zero-order chi connectivity index (χ0) is 17.6. The monoisotopic (exact) mass is 345 g/mol. The maximum Gasteiger partial charge on any atom is 0.312 e. The van der Waals surface area contributed by atoms with Crippen LogP contribution in [-0.4, -0.2) is 18.5 Å². The first-order valence-electron chi connectivity index (χ1n) is 9.17. The highest BCUT2D eigenvalue weighted by molar-refractivity contribution is 5.93. The zero-order valence-electron chi connectivity index (χ0n) is 14.5. The normalized spacial score (nSPS) is 32.5. The van der Waals surface area contributed by atoms with Gasteiger partial charge in [0.25, 0.3) is 5.91 Å². The number of hydrogen-bond acceptors (Lipinski definition) is 3. The van der Waals surface area contributed by atoms with E-state index in [0.717, 1.165) is 24.8 Å². The van der Waals surface area contributed by atoms with Gasteiger partial charge < -0.3 is 10.1 Å². The van der Waals surface area contributed by atoms with Crippen LogP contribution in [-0.2, 0) is 14.3 Å². The van der Waals surface area contributed by atoms with Gasteiger partial charge in [-0.2, -0.15) is 0 Å². The van der Waals surface area contributed by atoms with E-state index in [9.17, 15) is 14.0 Å². The van der Waals surface area contributed by atoms with Crippen LogP contribution in [0.25, 0.3) is 0 Å². The van der Waals surface area contributed by atoms with Crippen molar-refractivity contribution in [2.75, 3.05) is 11.9 Å². The second-order valence-corrected chi connectivity index (χ2v) is 8.31. The van der Waals surface area contributed by atoms with Gasteiger partial charge in [-0.25, -0.2) is 4.39 Å². The number of anilines is 1. The molecule has 0 radical (unpaired) electrons. The van der Waals surface area contributed by atoms with Gasteiger partial charge in [-0.1, -0.05) is 6.07 Å². The van der Waals surface area contributed by atoms with Crippen LogP contribution in [0.4, 0.5) is 10.1 Å². The second-order valence-electron chi connectivity index (χ2n) is 8.31. The quantitative estimate of drug-likeness (QED) is 0.844. The molecular weight excluding hydrogens is 321 g/mol. The van der Waals surface area contributed by atoms with Crippen molar-refractivity contribution < 1.29 is 18.7 Å². The standard InChI is InChI=1S/C20H24FNO3/c1-12-2-3-16(21)17(4-12)22-18(23)11-25-19(24)20-8-13-5-14(9-20)7-15(6-13)10-20/h2-4,13-15H,5-11H2,1H3,(H,22,23). The predicted octanol–water partition coefficient (Wildman–Crippen LogP) is 3.83. The summed E-state index contributed by atoms with van der Waals surface area (Å²) >= 11 is 0.